The van der Waals surface area contributed by atoms with Gasteiger partial charge in [-0.15, -0.1) is 0 Å². The van der Waals surface area contributed by atoms with Crippen molar-refractivity contribution in [2.75, 3.05) is 43.9 Å². The Morgan fingerprint density at radius 2 is 2.28 bits per heavy atom. The van der Waals surface area contributed by atoms with E-state index in [1.165, 1.54) is 12.8 Å². The highest BCUT2D eigenvalue weighted by Crippen LogP contribution is 2.15. The molecule has 2 N–H and O–H groups in total. The normalized spacial score (nSPS) is 19.6. The van der Waals surface area contributed by atoms with Gasteiger partial charge in [-0.1, -0.05) is 0 Å². The van der Waals surface area contributed by atoms with E-state index in [0.29, 0.717) is 5.92 Å². The van der Waals surface area contributed by atoms with Crippen LogP contribution in [0.5, 0.6) is 0 Å². The van der Waals surface area contributed by atoms with Crippen LogP contribution < -0.4 is 15.5 Å². The summed E-state index contributed by atoms with van der Waals surface area (Å²) in [4.78, 5) is 10.8. The maximum atomic E-state index is 4.43. The first-order chi connectivity index (χ1) is 8.65. The molecule has 1 saturated heterocycles. The Labute approximate surface area is 109 Å². The van der Waals surface area contributed by atoms with Crippen molar-refractivity contribution in [3.05, 3.63) is 11.9 Å². The summed E-state index contributed by atoms with van der Waals surface area (Å²) < 4.78 is 0. The molecule has 2 rings (SSSR count). The van der Waals surface area contributed by atoms with Gasteiger partial charge in [-0.2, -0.15) is 0 Å². The Hall–Kier alpha value is -1.36. The fraction of sp³-hybridized carbons (Fsp3) is 0.692. The summed E-state index contributed by atoms with van der Waals surface area (Å²) in [5.41, 5.74) is 0. The molecule has 5 heteroatoms. The molecule has 0 spiro atoms. The van der Waals surface area contributed by atoms with Crippen LogP contribution in [-0.2, 0) is 0 Å². The Morgan fingerprint density at radius 3 is 2.94 bits per heavy atom. The van der Waals surface area contributed by atoms with Crippen LogP contribution in [0.2, 0.25) is 0 Å². The zero-order valence-electron chi connectivity index (χ0n) is 11.5. The first kappa shape index (κ1) is 13.1. The van der Waals surface area contributed by atoms with E-state index in [0.717, 1.165) is 37.1 Å². The molecule has 100 valence electrons. The van der Waals surface area contributed by atoms with Gasteiger partial charge in [0, 0.05) is 26.7 Å². The van der Waals surface area contributed by atoms with Crippen molar-refractivity contribution in [2.45, 2.75) is 19.8 Å². The number of anilines is 2. The predicted octanol–water partition coefficient (Wildman–Crippen LogP) is 1.26. The lowest BCUT2D eigenvalue weighted by atomic mass is 10.00. The van der Waals surface area contributed by atoms with Crippen molar-refractivity contribution in [3.8, 4) is 0 Å². The average molecular weight is 249 g/mol. The lowest BCUT2D eigenvalue weighted by molar-refractivity contribution is 0.392. The zero-order valence-corrected chi connectivity index (χ0v) is 11.5. The van der Waals surface area contributed by atoms with Crippen LogP contribution in [0.1, 0.15) is 18.7 Å². The highest BCUT2D eigenvalue weighted by molar-refractivity contribution is 5.48. The Kier molecular flexibility index (Phi) is 4.36. The van der Waals surface area contributed by atoms with Gasteiger partial charge in [0.25, 0.3) is 0 Å². The van der Waals surface area contributed by atoms with Crippen LogP contribution in [0.15, 0.2) is 6.07 Å². The number of nitrogens with one attached hydrogen (secondary N) is 2. The highest BCUT2D eigenvalue weighted by atomic mass is 15.2. The second-order valence-corrected chi connectivity index (χ2v) is 5.15. The molecule has 1 fully saturated rings. The second kappa shape index (κ2) is 6.00. The van der Waals surface area contributed by atoms with Crippen LogP contribution in [0.3, 0.4) is 0 Å². The number of rotatable bonds is 4. The largest absolute Gasteiger partial charge is 0.370 e. The molecule has 1 aliphatic heterocycles. The van der Waals surface area contributed by atoms with Crippen LogP contribution in [-0.4, -0.2) is 43.7 Å². The maximum Gasteiger partial charge on any atom is 0.133 e. The minimum Gasteiger partial charge on any atom is -0.370 e. The molecule has 0 radical (unpaired) electrons. The van der Waals surface area contributed by atoms with Gasteiger partial charge >= 0.3 is 0 Å². The second-order valence-electron chi connectivity index (χ2n) is 5.15. The van der Waals surface area contributed by atoms with Crippen molar-refractivity contribution in [2.24, 2.45) is 5.92 Å². The third-order valence-electron chi connectivity index (χ3n) is 3.25. The lowest BCUT2D eigenvalue weighted by Crippen LogP contribution is -2.33. The van der Waals surface area contributed by atoms with Crippen LogP contribution in [0, 0.1) is 12.8 Å². The van der Waals surface area contributed by atoms with Gasteiger partial charge in [0.05, 0.1) is 0 Å². The first-order valence-corrected chi connectivity index (χ1v) is 6.63. The molecule has 18 heavy (non-hydrogen) atoms. The molecular weight excluding hydrogens is 226 g/mol. The summed E-state index contributed by atoms with van der Waals surface area (Å²) in [7, 11) is 3.99. The molecule has 2 heterocycles. The Morgan fingerprint density at radius 1 is 1.44 bits per heavy atom. The Balaban J connectivity index is 1.95. The molecule has 1 aromatic rings. The third-order valence-corrected chi connectivity index (χ3v) is 3.25. The average Bonchev–Trinajstić information content (AvgIpc) is 2.37. The predicted molar refractivity (Wildman–Crippen MR) is 75.2 cm³/mol. The van der Waals surface area contributed by atoms with Gasteiger partial charge in [0.15, 0.2) is 0 Å². The lowest BCUT2D eigenvalue weighted by Gasteiger charge is -2.23. The third kappa shape index (κ3) is 3.57. The summed E-state index contributed by atoms with van der Waals surface area (Å²) in [5, 5.41) is 6.86. The number of hydrogen-bond acceptors (Lipinski definition) is 5. The molecule has 0 saturated carbocycles. The summed E-state index contributed by atoms with van der Waals surface area (Å²) in [5.74, 6) is 3.39. The monoisotopic (exact) mass is 249 g/mol. The van der Waals surface area contributed by atoms with E-state index in [1.54, 1.807) is 0 Å². The SMILES string of the molecule is Cc1nc(NCC2CCCNC2)cc(N(C)C)n1. The fourth-order valence-corrected chi connectivity index (χ4v) is 2.22. The van der Waals surface area contributed by atoms with Crippen LogP contribution in [0.25, 0.3) is 0 Å². The van der Waals surface area contributed by atoms with Gasteiger partial charge < -0.3 is 15.5 Å². The number of aryl methyl sites for hydroxylation is 1. The van der Waals surface area contributed by atoms with E-state index in [1.807, 2.05) is 32.0 Å². The van der Waals surface area contributed by atoms with E-state index >= 15 is 0 Å². The Bertz CT molecular complexity index is 385. The van der Waals surface area contributed by atoms with E-state index in [9.17, 15) is 0 Å². The standard InChI is InChI=1S/C13H23N5/c1-10-16-12(7-13(17-10)18(2)3)15-9-11-5-4-6-14-8-11/h7,11,14H,4-6,8-9H2,1-3H3,(H,15,16,17). The summed E-state index contributed by atoms with van der Waals surface area (Å²) in [6.45, 7) is 5.18. The molecule has 1 aromatic heterocycles. The fourth-order valence-electron chi connectivity index (χ4n) is 2.22. The molecule has 0 aromatic carbocycles. The first-order valence-electron chi connectivity index (χ1n) is 6.63. The van der Waals surface area contributed by atoms with Crippen molar-refractivity contribution in [1.29, 1.82) is 0 Å². The van der Waals surface area contributed by atoms with Gasteiger partial charge in [0.1, 0.15) is 17.5 Å². The van der Waals surface area contributed by atoms with Gasteiger partial charge in [-0.05, 0) is 38.8 Å². The summed E-state index contributed by atoms with van der Waals surface area (Å²) in [6.07, 6.45) is 2.57. The number of nitrogens with zero attached hydrogens (tertiary/aromatic N) is 3. The van der Waals surface area contributed by atoms with E-state index in [2.05, 4.69) is 20.6 Å². The van der Waals surface area contributed by atoms with Crippen LogP contribution >= 0.6 is 0 Å². The van der Waals surface area contributed by atoms with Crippen molar-refractivity contribution in [1.82, 2.24) is 15.3 Å². The van der Waals surface area contributed by atoms with E-state index < -0.39 is 0 Å². The summed E-state index contributed by atoms with van der Waals surface area (Å²) in [6, 6.07) is 2.00. The van der Waals surface area contributed by atoms with Gasteiger partial charge in [-0.25, -0.2) is 9.97 Å². The van der Waals surface area contributed by atoms with E-state index in [-0.39, 0.29) is 0 Å². The summed E-state index contributed by atoms with van der Waals surface area (Å²) >= 11 is 0. The molecule has 1 unspecified atom stereocenters. The van der Waals surface area contributed by atoms with Crippen LogP contribution in [0.4, 0.5) is 11.6 Å². The zero-order chi connectivity index (χ0) is 13.0. The molecule has 5 nitrogen and oxygen atoms in total. The highest BCUT2D eigenvalue weighted by Gasteiger charge is 2.13. The van der Waals surface area contributed by atoms with Gasteiger partial charge in [-0.3, -0.25) is 0 Å². The van der Waals surface area contributed by atoms with Crippen molar-refractivity contribution >= 4 is 11.6 Å². The minimum absolute atomic E-state index is 0.705. The maximum absolute atomic E-state index is 4.43. The molecule has 0 aliphatic carbocycles. The smallest absolute Gasteiger partial charge is 0.133 e. The molecule has 1 aliphatic rings. The topological polar surface area (TPSA) is 53.1 Å². The van der Waals surface area contributed by atoms with Crippen molar-refractivity contribution in [3.63, 3.8) is 0 Å². The molecule has 1 atom stereocenters. The number of aromatic nitrogens is 2. The van der Waals surface area contributed by atoms with Gasteiger partial charge in [0.2, 0.25) is 0 Å². The number of hydrogen-bond donors (Lipinski definition) is 2. The van der Waals surface area contributed by atoms with E-state index in [4.69, 9.17) is 0 Å². The number of piperidine rings is 1. The molecular formula is C13H23N5. The van der Waals surface area contributed by atoms with Crippen molar-refractivity contribution < 1.29 is 0 Å². The molecule has 0 amide bonds. The minimum atomic E-state index is 0.705. The molecule has 0 bridgehead atoms. The quantitative estimate of drug-likeness (QED) is 0.841.